The Bertz CT molecular complexity index is 439. The first-order valence-corrected chi connectivity index (χ1v) is 7.15. The van der Waals surface area contributed by atoms with E-state index in [1.807, 2.05) is 0 Å². The summed E-state index contributed by atoms with van der Waals surface area (Å²) < 4.78 is 0. The predicted octanol–water partition coefficient (Wildman–Crippen LogP) is 1.26. The average Bonchev–Trinajstić information content (AvgIpc) is 3.25. The van der Waals surface area contributed by atoms with E-state index in [0.29, 0.717) is 6.42 Å². The van der Waals surface area contributed by atoms with E-state index in [1.165, 1.54) is 24.1 Å². The molecule has 0 aromatic heterocycles. The summed E-state index contributed by atoms with van der Waals surface area (Å²) in [7, 11) is 0. The molecule has 1 aromatic carbocycles. The summed E-state index contributed by atoms with van der Waals surface area (Å²) in [5, 5.41) is 6.42. The molecule has 0 unspecified atom stereocenters. The molecule has 0 bridgehead atoms. The van der Waals surface area contributed by atoms with Crippen LogP contribution in [0.2, 0.25) is 0 Å². The lowest BCUT2D eigenvalue weighted by molar-refractivity contribution is -0.120. The van der Waals surface area contributed by atoms with Gasteiger partial charge in [-0.25, -0.2) is 0 Å². The van der Waals surface area contributed by atoms with Gasteiger partial charge in [0.1, 0.15) is 0 Å². The molecule has 2 fully saturated rings. The highest BCUT2D eigenvalue weighted by Crippen LogP contribution is 2.20. The first-order chi connectivity index (χ1) is 9.31. The van der Waals surface area contributed by atoms with Crippen LogP contribution in [0.5, 0.6) is 0 Å². The smallest absolute Gasteiger partial charge is 0.221 e. The average molecular weight is 259 g/mol. The zero-order valence-electron chi connectivity index (χ0n) is 11.2. The number of nitrogens with zero attached hydrogens (tertiary/aromatic N) is 1. The summed E-state index contributed by atoms with van der Waals surface area (Å²) in [6.07, 6.45) is 3.24. The highest BCUT2D eigenvalue weighted by atomic mass is 16.1. The molecule has 4 heteroatoms. The first kappa shape index (κ1) is 12.5. The number of rotatable bonds is 4. The number of hydrogen-bond donors (Lipinski definition) is 2. The maximum atomic E-state index is 11.3. The monoisotopic (exact) mass is 259 g/mol. The van der Waals surface area contributed by atoms with Crippen molar-refractivity contribution in [1.82, 2.24) is 10.6 Å². The Morgan fingerprint density at radius 3 is 2.74 bits per heavy atom. The maximum Gasteiger partial charge on any atom is 0.221 e. The first-order valence-electron chi connectivity index (χ1n) is 7.15. The summed E-state index contributed by atoms with van der Waals surface area (Å²) in [4.78, 5) is 13.6. The van der Waals surface area contributed by atoms with Crippen LogP contribution in [0.4, 0.5) is 5.69 Å². The van der Waals surface area contributed by atoms with Crippen molar-refractivity contribution in [3.63, 3.8) is 0 Å². The number of hydrogen-bond acceptors (Lipinski definition) is 3. The lowest BCUT2D eigenvalue weighted by Gasteiger charge is -2.22. The van der Waals surface area contributed by atoms with Crippen LogP contribution in [-0.2, 0) is 11.3 Å². The largest absolute Gasteiger partial charge is 0.369 e. The fourth-order valence-electron chi connectivity index (χ4n) is 2.40. The SMILES string of the molecule is O=C1CCN(c2ccc(CNC3CC3)cc2)CCN1. The number of benzene rings is 1. The summed E-state index contributed by atoms with van der Waals surface area (Å²) >= 11 is 0. The third-order valence-corrected chi connectivity index (χ3v) is 3.79. The van der Waals surface area contributed by atoms with Crippen molar-refractivity contribution in [2.45, 2.75) is 31.8 Å². The molecular formula is C15H21N3O. The molecule has 0 radical (unpaired) electrons. The van der Waals surface area contributed by atoms with Crippen LogP contribution in [0.25, 0.3) is 0 Å². The second-order valence-corrected chi connectivity index (χ2v) is 5.41. The molecule has 3 rings (SSSR count). The van der Waals surface area contributed by atoms with Gasteiger partial charge in [-0.2, -0.15) is 0 Å². The summed E-state index contributed by atoms with van der Waals surface area (Å²) in [6, 6.07) is 9.46. The van der Waals surface area contributed by atoms with Crippen LogP contribution in [-0.4, -0.2) is 31.6 Å². The maximum absolute atomic E-state index is 11.3. The van der Waals surface area contributed by atoms with Gasteiger partial charge in [0.15, 0.2) is 0 Å². The standard InChI is InChI=1S/C15H21N3O/c19-15-7-9-18(10-8-16-15)14-5-1-12(2-6-14)11-17-13-3-4-13/h1-2,5-6,13,17H,3-4,7-11H2,(H,16,19). The Morgan fingerprint density at radius 1 is 1.21 bits per heavy atom. The minimum absolute atomic E-state index is 0.160. The fraction of sp³-hybridized carbons (Fsp3) is 0.533. The van der Waals surface area contributed by atoms with Gasteiger partial charge in [-0.15, -0.1) is 0 Å². The Kier molecular flexibility index (Phi) is 3.69. The van der Waals surface area contributed by atoms with Gasteiger partial charge in [-0.1, -0.05) is 12.1 Å². The summed E-state index contributed by atoms with van der Waals surface area (Å²) in [6.45, 7) is 3.41. The zero-order chi connectivity index (χ0) is 13.1. The topological polar surface area (TPSA) is 44.4 Å². The number of carbonyl (C=O) groups is 1. The van der Waals surface area contributed by atoms with E-state index in [2.05, 4.69) is 39.8 Å². The molecule has 1 aliphatic heterocycles. The summed E-state index contributed by atoms with van der Waals surface area (Å²) in [5.41, 5.74) is 2.55. The number of anilines is 1. The lowest BCUT2D eigenvalue weighted by Crippen LogP contribution is -2.28. The van der Waals surface area contributed by atoms with Gasteiger partial charge >= 0.3 is 0 Å². The van der Waals surface area contributed by atoms with E-state index >= 15 is 0 Å². The minimum atomic E-state index is 0.160. The Hall–Kier alpha value is -1.55. The Labute approximate surface area is 114 Å². The van der Waals surface area contributed by atoms with Gasteiger partial charge in [0.25, 0.3) is 0 Å². The molecule has 4 nitrogen and oxygen atoms in total. The molecule has 0 atom stereocenters. The lowest BCUT2D eigenvalue weighted by atomic mass is 10.2. The van der Waals surface area contributed by atoms with Crippen molar-refractivity contribution < 1.29 is 4.79 Å². The highest BCUT2D eigenvalue weighted by molar-refractivity contribution is 5.77. The van der Waals surface area contributed by atoms with Crippen LogP contribution in [0.1, 0.15) is 24.8 Å². The molecule has 1 heterocycles. The molecule has 1 saturated carbocycles. The molecule has 102 valence electrons. The molecule has 1 amide bonds. The van der Waals surface area contributed by atoms with Gasteiger partial charge in [-0.05, 0) is 30.5 Å². The van der Waals surface area contributed by atoms with E-state index in [0.717, 1.165) is 32.2 Å². The number of amides is 1. The van der Waals surface area contributed by atoms with E-state index in [1.54, 1.807) is 0 Å². The normalized spacial score (nSPS) is 20.0. The zero-order valence-corrected chi connectivity index (χ0v) is 11.2. The van der Waals surface area contributed by atoms with Crippen LogP contribution in [0.3, 0.4) is 0 Å². The van der Waals surface area contributed by atoms with E-state index in [4.69, 9.17) is 0 Å². The van der Waals surface area contributed by atoms with Crippen molar-refractivity contribution in [2.24, 2.45) is 0 Å². The molecule has 2 N–H and O–H groups in total. The fourth-order valence-corrected chi connectivity index (χ4v) is 2.40. The van der Waals surface area contributed by atoms with Crippen LogP contribution in [0.15, 0.2) is 24.3 Å². The quantitative estimate of drug-likeness (QED) is 0.856. The summed E-state index contributed by atoms with van der Waals surface area (Å²) in [5.74, 6) is 0.160. The van der Waals surface area contributed by atoms with Gasteiger partial charge in [0.2, 0.25) is 5.91 Å². The van der Waals surface area contributed by atoms with Crippen LogP contribution < -0.4 is 15.5 Å². The molecule has 19 heavy (non-hydrogen) atoms. The van der Waals surface area contributed by atoms with E-state index in [-0.39, 0.29) is 5.91 Å². The van der Waals surface area contributed by atoms with Gasteiger partial charge in [0, 0.05) is 44.3 Å². The molecule has 0 spiro atoms. The van der Waals surface area contributed by atoms with Gasteiger partial charge < -0.3 is 15.5 Å². The molecular weight excluding hydrogens is 238 g/mol. The van der Waals surface area contributed by atoms with E-state index in [9.17, 15) is 4.79 Å². The van der Waals surface area contributed by atoms with Crippen molar-refractivity contribution in [2.75, 3.05) is 24.5 Å². The van der Waals surface area contributed by atoms with Crippen LogP contribution in [0, 0.1) is 0 Å². The minimum Gasteiger partial charge on any atom is -0.369 e. The predicted molar refractivity (Wildman–Crippen MR) is 76.1 cm³/mol. The molecule has 1 aliphatic carbocycles. The second-order valence-electron chi connectivity index (χ2n) is 5.41. The third kappa shape index (κ3) is 3.47. The molecule has 2 aliphatic rings. The van der Waals surface area contributed by atoms with Crippen molar-refractivity contribution in [3.05, 3.63) is 29.8 Å². The number of carbonyl (C=O) groups excluding carboxylic acids is 1. The van der Waals surface area contributed by atoms with E-state index < -0.39 is 0 Å². The number of nitrogens with one attached hydrogen (secondary N) is 2. The highest BCUT2D eigenvalue weighted by Gasteiger charge is 2.20. The van der Waals surface area contributed by atoms with Crippen molar-refractivity contribution in [3.8, 4) is 0 Å². The van der Waals surface area contributed by atoms with Crippen molar-refractivity contribution in [1.29, 1.82) is 0 Å². The Morgan fingerprint density at radius 2 is 2.00 bits per heavy atom. The third-order valence-electron chi connectivity index (χ3n) is 3.79. The van der Waals surface area contributed by atoms with Crippen molar-refractivity contribution >= 4 is 11.6 Å². The molecule has 1 aromatic rings. The van der Waals surface area contributed by atoms with Gasteiger partial charge in [-0.3, -0.25) is 4.79 Å². The molecule has 1 saturated heterocycles. The second kappa shape index (κ2) is 5.61. The van der Waals surface area contributed by atoms with Crippen LogP contribution >= 0.6 is 0 Å². The Balaban J connectivity index is 1.58. The van der Waals surface area contributed by atoms with Gasteiger partial charge in [0.05, 0.1) is 0 Å².